The molecule has 2 heterocycles. The lowest BCUT2D eigenvalue weighted by Crippen LogP contribution is -2.17. The summed E-state index contributed by atoms with van der Waals surface area (Å²) in [7, 11) is 0. The highest BCUT2D eigenvalue weighted by atomic mass is 16.5. The summed E-state index contributed by atoms with van der Waals surface area (Å²) in [6.45, 7) is 0. The molecule has 2 aliphatic rings. The Morgan fingerprint density at radius 1 is 1.36 bits per heavy atom. The monoisotopic (exact) mass is 185 g/mol. The Morgan fingerprint density at radius 3 is 3.21 bits per heavy atom. The zero-order chi connectivity index (χ0) is 9.54. The third kappa shape index (κ3) is 0.923. The van der Waals surface area contributed by atoms with Crippen molar-refractivity contribution in [3.05, 3.63) is 40.6 Å². The molecule has 3 rings (SSSR count). The first-order chi connectivity index (χ1) is 6.84. The van der Waals surface area contributed by atoms with Gasteiger partial charge in [-0.25, -0.2) is 4.99 Å². The maximum absolute atomic E-state index is 11.1. The van der Waals surface area contributed by atoms with Gasteiger partial charge in [-0.1, -0.05) is 0 Å². The molecule has 0 unspecified atom stereocenters. The van der Waals surface area contributed by atoms with Gasteiger partial charge in [-0.05, 0) is 24.3 Å². The molecule has 0 radical (unpaired) electrons. The average Bonchev–Trinajstić information content (AvgIpc) is 2.59. The van der Waals surface area contributed by atoms with E-state index in [1.165, 1.54) is 0 Å². The zero-order valence-electron chi connectivity index (χ0n) is 7.36. The van der Waals surface area contributed by atoms with E-state index in [0.29, 0.717) is 6.42 Å². The standard InChI is InChI=1S/C11H7NO2/c13-10-6-8-9(12-10)4-3-7-2-1-5-14-11(7)8/h1-5H,6H2. The van der Waals surface area contributed by atoms with Crippen molar-refractivity contribution in [1.29, 1.82) is 0 Å². The molecule has 2 aliphatic heterocycles. The van der Waals surface area contributed by atoms with Gasteiger partial charge in [0, 0.05) is 10.8 Å². The topological polar surface area (TPSA) is 38.7 Å². The molecule has 0 fully saturated rings. The second-order valence-electron chi connectivity index (χ2n) is 3.28. The Labute approximate surface area is 80.0 Å². The fraction of sp³-hybridized carbons (Fsp3) is 0.0909. The van der Waals surface area contributed by atoms with Crippen molar-refractivity contribution in [2.45, 2.75) is 6.42 Å². The number of hydrogen-bond donors (Lipinski definition) is 0. The minimum atomic E-state index is -0.0912. The van der Waals surface area contributed by atoms with Crippen molar-refractivity contribution in [2.24, 2.45) is 4.99 Å². The van der Waals surface area contributed by atoms with E-state index in [1.54, 1.807) is 6.26 Å². The Hall–Kier alpha value is -1.90. The molecule has 3 nitrogen and oxygen atoms in total. The van der Waals surface area contributed by atoms with Crippen LogP contribution in [0.25, 0.3) is 6.08 Å². The van der Waals surface area contributed by atoms with Crippen molar-refractivity contribution in [2.75, 3.05) is 0 Å². The first kappa shape index (κ1) is 7.50. The Bertz CT molecular complexity index is 570. The molecule has 0 atom stereocenters. The lowest BCUT2D eigenvalue weighted by Gasteiger charge is -2.07. The normalized spacial score (nSPS) is 16.4. The number of fused-ring (bicyclic) bond motifs is 3. The molecular weight excluding hydrogens is 178 g/mol. The largest absolute Gasteiger partial charge is 0.464 e. The van der Waals surface area contributed by atoms with Crippen LogP contribution < -0.4 is 15.3 Å². The Morgan fingerprint density at radius 2 is 2.29 bits per heavy atom. The number of amides is 1. The average molecular weight is 185 g/mol. The van der Waals surface area contributed by atoms with Crippen LogP contribution in [-0.2, 0) is 11.2 Å². The number of allylic oxidation sites excluding steroid dienone is 1. The van der Waals surface area contributed by atoms with E-state index in [2.05, 4.69) is 4.99 Å². The lowest BCUT2D eigenvalue weighted by molar-refractivity contribution is -0.116. The quantitative estimate of drug-likeness (QED) is 0.574. The molecule has 0 spiro atoms. The van der Waals surface area contributed by atoms with Gasteiger partial charge < -0.3 is 4.74 Å². The van der Waals surface area contributed by atoms with Crippen molar-refractivity contribution in [1.82, 2.24) is 0 Å². The maximum Gasteiger partial charge on any atom is 0.250 e. The van der Waals surface area contributed by atoms with E-state index >= 15 is 0 Å². The number of nitrogens with zero attached hydrogens (tertiary/aromatic N) is 1. The number of benzene rings is 1. The molecule has 0 N–H and O–H groups in total. The van der Waals surface area contributed by atoms with Crippen LogP contribution in [0.2, 0.25) is 0 Å². The van der Waals surface area contributed by atoms with Crippen molar-refractivity contribution < 1.29 is 9.53 Å². The predicted molar refractivity (Wildman–Crippen MR) is 50.2 cm³/mol. The van der Waals surface area contributed by atoms with Crippen LogP contribution in [0.15, 0.2) is 29.5 Å². The first-order valence-corrected chi connectivity index (χ1v) is 4.41. The van der Waals surface area contributed by atoms with Crippen LogP contribution in [0.1, 0.15) is 5.56 Å². The smallest absolute Gasteiger partial charge is 0.250 e. The van der Waals surface area contributed by atoms with Gasteiger partial charge in [0.15, 0.2) is 0 Å². The first-order valence-electron chi connectivity index (χ1n) is 4.41. The van der Waals surface area contributed by atoms with E-state index in [9.17, 15) is 4.79 Å². The molecule has 1 amide bonds. The highest BCUT2D eigenvalue weighted by Crippen LogP contribution is 2.15. The number of carbonyl (C=O) groups excluding carboxylic acids is 1. The van der Waals surface area contributed by atoms with E-state index in [-0.39, 0.29) is 5.91 Å². The fourth-order valence-electron chi connectivity index (χ4n) is 1.76. The van der Waals surface area contributed by atoms with E-state index in [0.717, 1.165) is 21.9 Å². The SMILES string of the molecule is O=C1Cc2c3c(ccc2=N1)=CC=CO3. The third-order valence-electron chi connectivity index (χ3n) is 2.38. The highest BCUT2D eigenvalue weighted by molar-refractivity contribution is 5.83. The summed E-state index contributed by atoms with van der Waals surface area (Å²) in [6.07, 6.45) is 5.77. The van der Waals surface area contributed by atoms with Crippen molar-refractivity contribution in [3.8, 4) is 5.75 Å². The molecule has 0 aromatic heterocycles. The van der Waals surface area contributed by atoms with Gasteiger partial charge in [-0.3, -0.25) is 4.79 Å². The van der Waals surface area contributed by atoms with Gasteiger partial charge in [-0.15, -0.1) is 0 Å². The summed E-state index contributed by atoms with van der Waals surface area (Å²) in [5, 5.41) is 1.76. The van der Waals surface area contributed by atoms with Crippen LogP contribution in [0.3, 0.4) is 0 Å². The van der Waals surface area contributed by atoms with Crippen LogP contribution >= 0.6 is 0 Å². The number of hydrogen-bond acceptors (Lipinski definition) is 2. The van der Waals surface area contributed by atoms with Gasteiger partial charge in [0.2, 0.25) is 0 Å². The van der Waals surface area contributed by atoms with Crippen LogP contribution in [0.5, 0.6) is 5.75 Å². The minimum Gasteiger partial charge on any atom is -0.464 e. The lowest BCUT2D eigenvalue weighted by atomic mass is 10.1. The molecule has 0 aliphatic carbocycles. The summed E-state index contributed by atoms with van der Waals surface area (Å²) in [5.74, 6) is 0.686. The van der Waals surface area contributed by atoms with Gasteiger partial charge in [0.1, 0.15) is 5.75 Å². The molecule has 68 valence electrons. The minimum absolute atomic E-state index is 0.0912. The second-order valence-corrected chi connectivity index (χ2v) is 3.28. The van der Waals surface area contributed by atoms with Gasteiger partial charge in [0.05, 0.1) is 18.0 Å². The van der Waals surface area contributed by atoms with Gasteiger partial charge in [0.25, 0.3) is 5.91 Å². The Balaban J connectivity index is 2.38. The summed E-state index contributed by atoms with van der Waals surface area (Å²) in [5.41, 5.74) is 0.910. The molecule has 3 heteroatoms. The van der Waals surface area contributed by atoms with Gasteiger partial charge >= 0.3 is 0 Å². The maximum atomic E-state index is 11.1. The summed E-state index contributed by atoms with van der Waals surface area (Å²) in [4.78, 5) is 15.0. The molecule has 14 heavy (non-hydrogen) atoms. The fourth-order valence-corrected chi connectivity index (χ4v) is 1.76. The number of carbonyl (C=O) groups is 1. The molecule has 0 saturated carbocycles. The van der Waals surface area contributed by atoms with E-state index in [4.69, 9.17) is 4.74 Å². The predicted octanol–water partition coefficient (Wildman–Crippen LogP) is 0.0755. The second kappa shape index (κ2) is 2.54. The molecule has 0 bridgehead atoms. The summed E-state index contributed by atoms with van der Waals surface area (Å²) >= 11 is 0. The summed E-state index contributed by atoms with van der Waals surface area (Å²) < 4.78 is 5.39. The highest BCUT2D eigenvalue weighted by Gasteiger charge is 2.18. The van der Waals surface area contributed by atoms with Crippen LogP contribution in [-0.4, -0.2) is 5.91 Å². The number of rotatable bonds is 0. The zero-order valence-corrected chi connectivity index (χ0v) is 7.36. The number of ether oxygens (including phenoxy) is 1. The summed E-state index contributed by atoms with van der Waals surface area (Å²) in [6, 6.07) is 3.78. The third-order valence-corrected chi connectivity index (χ3v) is 2.38. The Kier molecular flexibility index (Phi) is 1.36. The van der Waals surface area contributed by atoms with Crippen molar-refractivity contribution >= 4 is 12.0 Å². The molecule has 1 aromatic carbocycles. The molecule has 1 aromatic rings. The van der Waals surface area contributed by atoms with Crippen LogP contribution in [0.4, 0.5) is 0 Å². The van der Waals surface area contributed by atoms with Crippen molar-refractivity contribution in [3.63, 3.8) is 0 Å². The van der Waals surface area contributed by atoms with E-state index < -0.39 is 0 Å². The van der Waals surface area contributed by atoms with E-state index in [1.807, 2.05) is 24.3 Å². The molecule has 0 saturated heterocycles. The van der Waals surface area contributed by atoms with Gasteiger partial charge in [-0.2, -0.15) is 0 Å². The molecular formula is C11H7NO2. The van der Waals surface area contributed by atoms with Crippen LogP contribution in [0, 0.1) is 0 Å².